The normalized spacial score (nSPS) is 10.0. The van der Waals surface area contributed by atoms with Crippen molar-refractivity contribution < 1.29 is 4.74 Å². The van der Waals surface area contributed by atoms with Crippen LogP contribution in [-0.2, 0) is 4.74 Å². The summed E-state index contributed by atoms with van der Waals surface area (Å²) in [6, 6.07) is 13.7. The molecule has 1 aromatic carbocycles. The second kappa shape index (κ2) is 7.23. The molecule has 0 aliphatic rings. The van der Waals surface area contributed by atoms with E-state index in [1.54, 1.807) is 13.2 Å². The maximum Gasteiger partial charge on any atom is 0.130 e. The smallest absolute Gasteiger partial charge is 0.130 e. The highest BCUT2D eigenvalue weighted by molar-refractivity contribution is 5.86. The number of rotatable bonds is 6. The molecule has 0 aliphatic heterocycles. The van der Waals surface area contributed by atoms with Gasteiger partial charge in [-0.25, -0.2) is 4.98 Å². The summed E-state index contributed by atoms with van der Waals surface area (Å²) in [5, 5.41) is 18.9. The Morgan fingerprint density at radius 2 is 2.05 bits per heavy atom. The first-order chi connectivity index (χ1) is 10.3. The Bertz CT molecular complexity index is 699. The largest absolute Gasteiger partial charge is 0.383 e. The molecule has 0 saturated carbocycles. The van der Waals surface area contributed by atoms with E-state index < -0.39 is 0 Å². The number of anilines is 1. The Balaban J connectivity index is 2.42. The summed E-state index contributed by atoms with van der Waals surface area (Å²) >= 11 is 0. The number of pyridine rings is 1. The highest BCUT2D eigenvalue weighted by Gasteiger charge is 2.11. The van der Waals surface area contributed by atoms with Gasteiger partial charge in [-0.15, -0.1) is 0 Å². The maximum atomic E-state index is 9.32. The Labute approximate surface area is 124 Å². The van der Waals surface area contributed by atoms with Gasteiger partial charge in [-0.05, 0) is 12.1 Å². The predicted octanol–water partition coefficient (Wildman–Crippen LogP) is 2.47. The monoisotopic (exact) mass is 280 g/mol. The van der Waals surface area contributed by atoms with Gasteiger partial charge in [0.25, 0.3) is 0 Å². The van der Waals surface area contributed by atoms with Gasteiger partial charge in [0.1, 0.15) is 5.82 Å². The summed E-state index contributed by atoms with van der Waals surface area (Å²) in [7, 11) is 1.64. The number of methoxy groups -OCH3 is 1. The van der Waals surface area contributed by atoms with Crippen LogP contribution in [-0.4, -0.2) is 31.8 Å². The standard InChI is InChI=1S/C16H16N4O/c1-21-10-9-20(8-4-7-17)16-11-13(12-18)14-5-2-3-6-15(14)19-16/h2-3,5-6,11H,4,8-10H2,1H3. The van der Waals surface area contributed by atoms with Crippen LogP contribution in [0.25, 0.3) is 10.9 Å². The van der Waals surface area contributed by atoms with E-state index in [9.17, 15) is 5.26 Å². The second-order valence-electron chi connectivity index (χ2n) is 4.54. The van der Waals surface area contributed by atoms with Crippen molar-refractivity contribution in [2.45, 2.75) is 6.42 Å². The van der Waals surface area contributed by atoms with E-state index in [4.69, 9.17) is 10.00 Å². The molecule has 0 atom stereocenters. The SMILES string of the molecule is COCCN(CCC#N)c1cc(C#N)c2ccccc2n1. The summed E-state index contributed by atoms with van der Waals surface area (Å²) in [6.45, 7) is 1.74. The maximum absolute atomic E-state index is 9.32. The molecule has 106 valence electrons. The van der Waals surface area contributed by atoms with Gasteiger partial charge in [0.2, 0.25) is 0 Å². The van der Waals surface area contributed by atoms with Gasteiger partial charge in [0.05, 0.1) is 36.2 Å². The van der Waals surface area contributed by atoms with Crippen LogP contribution in [0.2, 0.25) is 0 Å². The molecule has 0 saturated heterocycles. The minimum absolute atomic E-state index is 0.403. The first-order valence-electron chi connectivity index (χ1n) is 6.71. The molecule has 0 aliphatic carbocycles. The molecule has 5 nitrogen and oxygen atoms in total. The van der Waals surface area contributed by atoms with Crippen LogP contribution >= 0.6 is 0 Å². The average molecular weight is 280 g/mol. The average Bonchev–Trinajstić information content (AvgIpc) is 2.54. The third-order valence-electron chi connectivity index (χ3n) is 3.21. The van der Waals surface area contributed by atoms with Crippen LogP contribution in [0.5, 0.6) is 0 Å². The quantitative estimate of drug-likeness (QED) is 0.812. The van der Waals surface area contributed by atoms with Gasteiger partial charge < -0.3 is 9.64 Å². The third kappa shape index (κ3) is 3.47. The zero-order chi connectivity index (χ0) is 15.1. The second-order valence-corrected chi connectivity index (χ2v) is 4.54. The minimum atomic E-state index is 0.403. The fraction of sp³-hybridized carbons (Fsp3) is 0.312. The van der Waals surface area contributed by atoms with Gasteiger partial charge in [-0.1, -0.05) is 18.2 Å². The summed E-state index contributed by atoms with van der Waals surface area (Å²) in [6.07, 6.45) is 0.403. The molecule has 0 N–H and O–H groups in total. The molecule has 0 spiro atoms. The van der Waals surface area contributed by atoms with Crippen LogP contribution in [0, 0.1) is 22.7 Å². The number of hydrogen-bond donors (Lipinski definition) is 0. The lowest BCUT2D eigenvalue weighted by Crippen LogP contribution is -2.29. The molecule has 2 aromatic rings. The molecule has 1 aromatic heterocycles. The zero-order valence-corrected chi connectivity index (χ0v) is 11.9. The number of fused-ring (bicyclic) bond motifs is 1. The number of ether oxygens (including phenoxy) is 1. The van der Waals surface area contributed by atoms with Crippen LogP contribution in [0.1, 0.15) is 12.0 Å². The first-order valence-corrected chi connectivity index (χ1v) is 6.71. The molecule has 0 bridgehead atoms. The van der Waals surface area contributed by atoms with E-state index in [0.717, 1.165) is 10.9 Å². The molecule has 21 heavy (non-hydrogen) atoms. The number of para-hydroxylation sites is 1. The fourth-order valence-electron chi connectivity index (χ4n) is 2.14. The summed E-state index contributed by atoms with van der Waals surface area (Å²) < 4.78 is 5.10. The van der Waals surface area contributed by atoms with Crippen LogP contribution in [0.15, 0.2) is 30.3 Å². The molecular formula is C16H16N4O. The van der Waals surface area contributed by atoms with Crippen molar-refractivity contribution in [3.63, 3.8) is 0 Å². The number of hydrogen-bond acceptors (Lipinski definition) is 5. The molecule has 2 rings (SSSR count). The number of nitriles is 2. The van der Waals surface area contributed by atoms with Crippen LogP contribution in [0.4, 0.5) is 5.82 Å². The van der Waals surface area contributed by atoms with Crippen molar-refractivity contribution in [2.24, 2.45) is 0 Å². The zero-order valence-electron chi connectivity index (χ0n) is 11.9. The lowest BCUT2D eigenvalue weighted by molar-refractivity contribution is 0.205. The van der Waals surface area contributed by atoms with E-state index in [1.165, 1.54) is 0 Å². The van der Waals surface area contributed by atoms with E-state index in [-0.39, 0.29) is 0 Å². The third-order valence-corrected chi connectivity index (χ3v) is 3.21. The summed E-state index contributed by atoms with van der Waals surface area (Å²) in [4.78, 5) is 6.57. The number of aromatic nitrogens is 1. The van der Waals surface area contributed by atoms with Crippen molar-refractivity contribution in [1.82, 2.24) is 4.98 Å². The minimum Gasteiger partial charge on any atom is -0.383 e. The lowest BCUT2D eigenvalue weighted by atomic mass is 10.1. The number of nitrogens with zero attached hydrogens (tertiary/aromatic N) is 4. The van der Waals surface area contributed by atoms with Gasteiger partial charge in [-0.3, -0.25) is 0 Å². The van der Waals surface area contributed by atoms with Crippen molar-refractivity contribution in [3.05, 3.63) is 35.9 Å². The predicted molar refractivity (Wildman–Crippen MR) is 80.8 cm³/mol. The Morgan fingerprint density at radius 1 is 1.24 bits per heavy atom. The van der Waals surface area contributed by atoms with Crippen molar-refractivity contribution >= 4 is 16.7 Å². The summed E-state index contributed by atoms with van der Waals surface area (Å²) in [5.74, 6) is 0.706. The highest BCUT2D eigenvalue weighted by Crippen LogP contribution is 2.22. The molecule has 1 heterocycles. The highest BCUT2D eigenvalue weighted by atomic mass is 16.5. The Hall–Kier alpha value is -2.63. The molecule has 0 fully saturated rings. The van der Waals surface area contributed by atoms with Crippen molar-refractivity contribution in [3.8, 4) is 12.1 Å². The summed E-state index contributed by atoms with van der Waals surface area (Å²) in [5.41, 5.74) is 1.38. The Kier molecular flexibility index (Phi) is 5.09. The van der Waals surface area contributed by atoms with Crippen molar-refractivity contribution in [1.29, 1.82) is 10.5 Å². The Morgan fingerprint density at radius 3 is 2.76 bits per heavy atom. The lowest BCUT2D eigenvalue weighted by Gasteiger charge is -2.23. The molecule has 0 unspecified atom stereocenters. The van der Waals surface area contributed by atoms with Gasteiger partial charge in [0, 0.05) is 25.6 Å². The van der Waals surface area contributed by atoms with E-state index in [1.807, 2.05) is 29.2 Å². The molecular weight excluding hydrogens is 264 g/mol. The molecule has 0 amide bonds. The van der Waals surface area contributed by atoms with E-state index in [2.05, 4.69) is 17.1 Å². The van der Waals surface area contributed by atoms with Gasteiger partial charge in [-0.2, -0.15) is 10.5 Å². The van der Waals surface area contributed by atoms with Crippen LogP contribution in [0.3, 0.4) is 0 Å². The van der Waals surface area contributed by atoms with E-state index in [0.29, 0.717) is 37.5 Å². The van der Waals surface area contributed by atoms with Gasteiger partial charge >= 0.3 is 0 Å². The van der Waals surface area contributed by atoms with Gasteiger partial charge in [0.15, 0.2) is 0 Å². The fourth-order valence-corrected chi connectivity index (χ4v) is 2.14. The molecule has 0 radical (unpaired) electrons. The number of benzene rings is 1. The topological polar surface area (TPSA) is 72.9 Å². The van der Waals surface area contributed by atoms with Crippen LogP contribution < -0.4 is 4.90 Å². The first kappa shape index (κ1) is 14.8. The van der Waals surface area contributed by atoms with E-state index >= 15 is 0 Å². The van der Waals surface area contributed by atoms with Crippen molar-refractivity contribution in [2.75, 3.05) is 31.7 Å². The molecule has 5 heteroatoms.